The maximum absolute atomic E-state index is 14.9. The number of aryl methyl sites for hydroxylation is 2. The summed E-state index contributed by atoms with van der Waals surface area (Å²) >= 11 is 0. The van der Waals surface area contributed by atoms with Crippen molar-refractivity contribution in [2.24, 2.45) is 7.05 Å². The zero-order valence-electron chi connectivity index (χ0n) is 21.7. The van der Waals surface area contributed by atoms with Crippen LogP contribution < -0.4 is 22.1 Å². The Morgan fingerprint density at radius 3 is 2.62 bits per heavy atom. The van der Waals surface area contributed by atoms with Gasteiger partial charge in [-0.1, -0.05) is 19.1 Å². The van der Waals surface area contributed by atoms with Crippen LogP contribution in [0.25, 0.3) is 16.6 Å². The summed E-state index contributed by atoms with van der Waals surface area (Å²) in [5.74, 6) is -0.855. The molecule has 0 radical (unpaired) electrons. The van der Waals surface area contributed by atoms with Crippen molar-refractivity contribution in [3.63, 3.8) is 0 Å². The maximum Gasteiger partial charge on any atom is 0.333 e. The number of aromatic amines is 1. The van der Waals surface area contributed by atoms with E-state index in [-0.39, 0.29) is 51.7 Å². The van der Waals surface area contributed by atoms with Crippen molar-refractivity contribution in [1.82, 2.24) is 19.0 Å². The molecule has 11 heteroatoms. The van der Waals surface area contributed by atoms with Crippen LogP contribution in [0.5, 0.6) is 0 Å². The summed E-state index contributed by atoms with van der Waals surface area (Å²) in [5, 5.41) is 12.7. The Hall–Kier alpha value is -4.51. The van der Waals surface area contributed by atoms with Gasteiger partial charge in [-0.3, -0.25) is 28.5 Å². The first-order chi connectivity index (χ1) is 18.6. The third-order valence-electron chi connectivity index (χ3n) is 7.16. The number of halogens is 1. The Labute approximate surface area is 222 Å². The Balaban J connectivity index is 1.72. The number of aliphatic hydroxyl groups is 1. The first-order valence-corrected chi connectivity index (χ1v) is 12.6. The Morgan fingerprint density at radius 2 is 1.95 bits per heavy atom. The quantitative estimate of drug-likeness (QED) is 0.361. The van der Waals surface area contributed by atoms with E-state index >= 15 is 0 Å². The zero-order chi connectivity index (χ0) is 28.0. The molecule has 202 valence electrons. The minimum Gasteiger partial charge on any atom is -0.391 e. The highest BCUT2D eigenvalue weighted by Crippen LogP contribution is 2.27. The third kappa shape index (κ3) is 4.54. The summed E-state index contributed by atoms with van der Waals surface area (Å²) in [4.78, 5) is 56.5. The molecular formula is C28H28FN5O5. The first kappa shape index (κ1) is 26.1. The molecule has 10 nitrogen and oxygen atoms in total. The standard InChI is InChI=1S/C28H28FN5O5/c1-4-16-8-9-21(20(29)12-16)30-24-22-23(15(2)26(37)32(24)3)34(28(39)31-25(22)36)18-7-5-6-17(13-18)27(38)33-11-10-19(35)14-33/h5-9,12-13,19,30,35H,4,10-11,14H2,1-3H3,(H,31,36,39). The van der Waals surface area contributed by atoms with Crippen LogP contribution in [0.1, 0.15) is 34.8 Å². The number of carbonyl (C=O) groups excluding carboxylic acids is 1. The van der Waals surface area contributed by atoms with Gasteiger partial charge in [0.25, 0.3) is 17.0 Å². The summed E-state index contributed by atoms with van der Waals surface area (Å²) < 4.78 is 17.2. The van der Waals surface area contributed by atoms with Gasteiger partial charge in [-0.15, -0.1) is 0 Å². The van der Waals surface area contributed by atoms with Gasteiger partial charge in [0.15, 0.2) is 0 Å². The number of aromatic nitrogens is 3. The smallest absolute Gasteiger partial charge is 0.333 e. The van der Waals surface area contributed by atoms with Gasteiger partial charge in [0.05, 0.1) is 23.0 Å². The van der Waals surface area contributed by atoms with E-state index in [2.05, 4.69) is 10.3 Å². The number of hydrogen-bond donors (Lipinski definition) is 3. The van der Waals surface area contributed by atoms with Crippen LogP contribution in [0.4, 0.5) is 15.9 Å². The molecule has 0 bridgehead atoms. The van der Waals surface area contributed by atoms with E-state index in [0.717, 1.165) is 5.56 Å². The fourth-order valence-electron chi connectivity index (χ4n) is 5.02. The molecular weight excluding hydrogens is 505 g/mol. The predicted molar refractivity (Wildman–Crippen MR) is 146 cm³/mol. The summed E-state index contributed by atoms with van der Waals surface area (Å²) in [6.45, 7) is 4.02. The van der Waals surface area contributed by atoms with E-state index in [4.69, 9.17) is 0 Å². The summed E-state index contributed by atoms with van der Waals surface area (Å²) in [5.41, 5.74) is -0.490. The molecule has 1 atom stereocenters. The second kappa shape index (κ2) is 9.99. The van der Waals surface area contributed by atoms with Gasteiger partial charge in [0, 0.05) is 31.3 Å². The van der Waals surface area contributed by atoms with Gasteiger partial charge in [0.2, 0.25) is 0 Å². The first-order valence-electron chi connectivity index (χ1n) is 12.6. The topological polar surface area (TPSA) is 129 Å². The number of aliphatic hydroxyl groups excluding tert-OH is 1. The molecule has 1 aliphatic rings. The minimum atomic E-state index is -0.797. The number of anilines is 2. The number of nitrogens with zero attached hydrogens (tertiary/aromatic N) is 3. The number of β-amino-alcohol motifs (C(OH)–C–C–N with tert-alkyl or cyclic N) is 1. The number of likely N-dealkylation sites (tertiary alicyclic amines) is 1. The lowest BCUT2D eigenvalue weighted by Crippen LogP contribution is -2.34. The fraction of sp³-hybridized carbons (Fsp3) is 0.286. The molecule has 1 unspecified atom stereocenters. The van der Waals surface area contributed by atoms with Gasteiger partial charge in [-0.2, -0.15) is 0 Å². The molecule has 39 heavy (non-hydrogen) atoms. The molecule has 1 saturated heterocycles. The molecule has 0 spiro atoms. The molecule has 2 aromatic carbocycles. The lowest BCUT2D eigenvalue weighted by molar-refractivity contribution is 0.0765. The van der Waals surface area contributed by atoms with E-state index in [9.17, 15) is 28.7 Å². The van der Waals surface area contributed by atoms with Crippen LogP contribution in [0.15, 0.2) is 56.8 Å². The van der Waals surface area contributed by atoms with E-state index in [1.165, 1.54) is 46.2 Å². The van der Waals surface area contributed by atoms with Crippen LogP contribution in [-0.4, -0.2) is 49.2 Å². The lowest BCUT2D eigenvalue weighted by atomic mass is 10.1. The van der Waals surface area contributed by atoms with Crippen LogP contribution in [0.2, 0.25) is 0 Å². The average molecular weight is 534 g/mol. The van der Waals surface area contributed by atoms with E-state index in [1.54, 1.807) is 24.3 Å². The van der Waals surface area contributed by atoms with Crippen molar-refractivity contribution in [2.75, 3.05) is 18.4 Å². The Morgan fingerprint density at radius 1 is 1.18 bits per heavy atom. The molecule has 1 fully saturated rings. The third-order valence-corrected chi connectivity index (χ3v) is 7.16. The Bertz CT molecular complexity index is 1810. The van der Waals surface area contributed by atoms with Crippen molar-refractivity contribution >= 4 is 28.3 Å². The van der Waals surface area contributed by atoms with Crippen LogP contribution in [0, 0.1) is 12.7 Å². The number of carbonyl (C=O) groups is 1. The van der Waals surface area contributed by atoms with Crippen LogP contribution in [-0.2, 0) is 13.5 Å². The number of rotatable bonds is 5. The van der Waals surface area contributed by atoms with Crippen molar-refractivity contribution < 1.29 is 14.3 Å². The summed E-state index contributed by atoms with van der Waals surface area (Å²) in [6.07, 6.45) is 0.528. The number of amides is 1. The number of H-pyrrole nitrogens is 1. The normalized spacial score (nSPS) is 15.2. The largest absolute Gasteiger partial charge is 0.391 e. The van der Waals surface area contributed by atoms with Crippen LogP contribution >= 0.6 is 0 Å². The predicted octanol–water partition coefficient (Wildman–Crippen LogP) is 2.34. The van der Waals surface area contributed by atoms with E-state index in [1.807, 2.05) is 6.92 Å². The maximum atomic E-state index is 14.9. The molecule has 3 N–H and O–H groups in total. The summed E-state index contributed by atoms with van der Waals surface area (Å²) in [7, 11) is 1.45. The highest BCUT2D eigenvalue weighted by Gasteiger charge is 2.26. The summed E-state index contributed by atoms with van der Waals surface area (Å²) in [6, 6.07) is 10.9. The molecule has 3 heterocycles. The number of fused-ring (bicyclic) bond motifs is 1. The van der Waals surface area contributed by atoms with E-state index in [0.29, 0.717) is 19.4 Å². The van der Waals surface area contributed by atoms with Crippen molar-refractivity contribution in [3.8, 4) is 5.69 Å². The lowest BCUT2D eigenvalue weighted by Gasteiger charge is -2.19. The molecule has 1 aliphatic heterocycles. The number of hydrogen-bond acceptors (Lipinski definition) is 6. The fourth-order valence-corrected chi connectivity index (χ4v) is 5.02. The van der Waals surface area contributed by atoms with Crippen molar-refractivity contribution in [1.29, 1.82) is 0 Å². The SMILES string of the molecule is CCc1ccc(Nc2c3c(=O)[nH]c(=O)n(-c4cccc(C(=O)N5CCC(O)C5)c4)c3c(C)c(=O)n2C)c(F)c1. The van der Waals surface area contributed by atoms with Gasteiger partial charge in [-0.05, 0) is 55.7 Å². The van der Waals surface area contributed by atoms with Gasteiger partial charge < -0.3 is 15.3 Å². The highest BCUT2D eigenvalue weighted by molar-refractivity contribution is 5.96. The van der Waals surface area contributed by atoms with Gasteiger partial charge >= 0.3 is 5.69 Å². The molecule has 0 aliphatic carbocycles. The van der Waals surface area contributed by atoms with E-state index < -0.39 is 28.7 Å². The number of benzene rings is 2. The monoisotopic (exact) mass is 533 g/mol. The molecule has 2 aromatic heterocycles. The Kier molecular flexibility index (Phi) is 6.69. The van der Waals surface area contributed by atoms with Crippen molar-refractivity contribution in [2.45, 2.75) is 32.8 Å². The molecule has 0 saturated carbocycles. The van der Waals surface area contributed by atoms with Gasteiger partial charge in [0.1, 0.15) is 17.0 Å². The second-order valence-corrected chi connectivity index (χ2v) is 9.69. The second-order valence-electron chi connectivity index (χ2n) is 9.69. The van der Waals surface area contributed by atoms with Gasteiger partial charge in [-0.25, -0.2) is 9.18 Å². The highest BCUT2D eigenvalue weighted by atomic mass is 19.1. The molecule has 5 rings (SSSR count). The average Bonchev–Trinajstić information content (AvgIpc) is 3.36. The molecule has 1 amide bonds. The number of nitrogens with one attached hydrogen (secondary N) is 2. The number of pyridine rings is 1. The van der Waals surface area contributed by atoms with Crippen molar-refractivity contribution in [3.05, 3.63) is 96.2 Å². The minimum absolute atomic E-state index is 0.0111. The van der Waals surface area contributed by atoms with Crippen LogP contribution in [0.3, 0.4) is 0 Å². The zero-order valence-corrected chi connectivity index (χ0v) is 21.7. The molecule has 4 aromatic rings.